The van der Waals surface area contributed by atoms with Gasteiger partial charge >= 0.3 is 0 Å². The maximum Gasteiger partial charge on any atom is 0.255 e. The third kappa shape index (κ3) is 5.02. The molecule has 0 radical (unpaired) electrons. The smallest absolute Gasteiger partial charge is 0.255 e. The Hall–Kier alpha value is -2.26. The number of nitrogens with one attached hydrogen (secondary N) is 1. The summed E-state index contributed by atoms with van der Waals surface area (Å²) in [7, 11) is 0. The number of ether oxygens (including phenoxy) is 1. The maximum absolute atomic E-state index is 12.7. The third-order valence-corrected chi connectivity index (χ3v) is 6.19. The number of carbonyl (C=O) groups is 1. The SMILES string of the molecule is Cc1cc(Cl)cc2c1OCC(C(=O)Nc1ccc(CC3CCCCCC3)cc1)=C2. The van der Waals surface area contributed by atoms with Crippen LogP contribution in [0, 0.1) is 12.8 Å². The molecule has 0 atom stereocenters. The van der Waals surface area contributed by atoms with Gasteiger partial charge in [-0.1, -0.05) is 62.3 Å². The molecular formula is C25H28ClNO2. The Kier molecular flexibility index (Phi) is 6.25. The van der Waals surface area contributed by atoms with E-state index >= 15 is 0 Å². The van der Waals surface area contributed by atoms with Crippen molar-refractivity contribution in [2.75, 3.05) is 11.9 Å². The van der Waals surface area contributed by atoms with E-state index in [4.69, 9.17) is 16.3 Å². The van der Waals surface area contributed by atoms with Crippen molar-refractivity contribution < 1.29 is 9.53 Å². The summed E-state index contributed by atoms with van der Waals surface area (Å²) in [5, 5.41) is 3.64. The van der Waals surface area contributed by atoms with Crippen LogP contribution in [0.3, 0.4) is 0 Å². The molecule has 2 aromatic rings. The summed E-state index contributed by atoms with van der Waals surface area (Å²) < 4.78 is 5.81. The van der Waals surface area contributed by atoms with Crippen LogP contribution in [-0.4, -0.2) is 12.5 Å². The molecule has 4 rings (SSSR count). The number of hydrogen-bond donors (Lipinski definition) is 1. The molecule has 1 aliphatic carbocycles. The quantitative estimate of drug-likeness (QED) is 0.579. The first kappa shape index (κ1) is 20.0. The lowest BCUT2D eigenvalue weighted by Crippen LogP contribution is -2.21. The summed E-state index contributed by atoms with van der Waals surface area (Å²) in [5.41, 5.74) is 4.60. The lowest BCUT2D eigenvalue weighted by molar-refractivity contribution is -0.113. The molecule has 3 nitrogen and oxygen atoms in total. The van der Waals surface area contributed by atoms with Gasteiger partial charge < -0.3 is 10.1 Å². The number of carbonyl (C=O) groups excluding carboxylic acids is 1. The van der Waals surface area contributed by atoms with Gasteiger partial charge in [0.2, 0.25) is 0 Å². The first-order valence-corrected chi connectivity index (χ1v) is 11.0. The van der Waals surface area contributed by atoms with E-state index in [9.17, 15) is 4.79 Å². The summed E-state index contributed by atoms with van der Waals surface area (Å²) in [5.74, 6) is 1.47. The average molecular weight is 410 g/mol. The Labute approximate surface area is 178 Å². The highest BCUT2D eigenvalue weighted by Gasteiger charge is 2.19. The van der Waals surface area contributed by atoms with Crippen molar-refractivity contribution in [2.24, 2.45) is 5.92 Å². The minimum Gasteiger partial charge on any atom is -0.488 e. The summed E-state index contributed by atoms with van der Waals surface area (Å²) in [6, 6.07) is 12.0. The van der Waals surface area contributed by atoms with Crippen LogP contribution in [0.5, 0.6) is 5.75 Å². The predicted molar refractivity (Wildman–Crippen MR) is 120 cm³/mol. The summed E-state index contributed by atoms with van der Waals surface area (Å²) >= 11 is 6.15. The fourth-order valence-corrected chi connectivity index (χ4v) is 4.69. The normalized spacial score (nSPS) is 17.0. The number of anilines is 1. The topological polar surface area (TPSA) is 38.3 Å². The van der Waals surface area contributed by atoms with Crippen LogP contribution in [0.2, 0.25) is 5.02 Å². The fourth-order valence-electron chi connectivity index (χ4n) is 4.41. The van der Waals surface area contributed by atoms with Crippen LogP contribution in [-0.2, 0) is 11.2 Å². The number of aryl methyl sites for hydroxylation is 1. The number of rotatable bonds is 4. The van der Waals surface area contributed by atoms with Gasteiger partial charge in [0, 0.05) is 16.3 Å². The number of halogens is 1. The van der Waals surface area contributed by atoms with Crippen molar-refractivity contribution in [3.05, 3.63) is 63.7 Å². The van der Waals surface area contributed by atoms with E-state index in [-0.39, 0.29) is 12.5 Å². The Morgan fingerprint density at radius 2 is 1.83 bits per heavy atom. The third-order valence-electron chi connectivity index (χ3n) is 5.97. The van der Waals surface area contributed by atoms with E-state index in [1.807, 2.05) is 37.3 Å². The largest absolute Gasteiger partial charge is 0.488 e. The van der Waals surface area contributed by atoms with Crippen LogP contribution in [0.1, 0.15) is 55.2 Å². The molecule has 2 aliphatic rings. The van der Waals surface area contributed by atoms with Crippen LogP contribution in [0.15, 0.2) is 42.0 Å². The lowest BCUT2D eigenvalue weighted by atomic mass is 9.92. The van der Waals surface area contributed by atoms with E-state index in [1.54, 1.807) is 0 Å². The second-order valence-electron chi connectivity index (χ2n) is 8.31. The lowest BCUT2D eigenvalue weighted by Gasteiger charge is -2.20. The zero-order valence-corrected chi connectivity index (χ0v) is 17.7. The molecule has 1 fully saturated rings. The van der Waals surface area contributed by atoms with Crippen molar-refractivity contribution in [2.45, 2.75) is 51.9 Å². The van der Waals surface area contributed by atoms with Crippen LogP contribution in [0.4, 0.5) is 5.69 Å². The van der Waals surface area contributed by atoms with Gasteiger partial charge in [-0.3, -0.25) is 4.79 Å². The molecule has 0 saturated heterocycles. The van der Waals surface area contributed by atoms with Gasteiger partial charge in [0.25, 0.3) is 5.91 Å². The molecule has 2 aromatic carbocycles. The molecule has 1 N–H and O–H groups in total. The molecule has 29 heavy (non-hydrogen) atoms. The van der Waals surface area contributed by atoms with Crippen molar-refractivity contribution in [1.29, 1.82) is 0 Å². The van der Waals surface area contributed by atoms with Crippen LogP contribution >= 0.6 is 11.6 Å². The number of fused-ring (bicyclic) bond motifs is 1. The van der Waals surface area contributed by atoms with E-state index < -0.39 is 0 Å². The first-order valence-electron chi connectivity index (χ1n) is 10.6. The van der Waals surface area contributed by atoms with E-state index in [0.717, 1.165) is 34.9 Å². The average Bonchev–Trinajstić information content (AvgIpc) is 2.97. The van der Waals surface area contributed by atoms with Crippen molar-refractivity contribution in [1.82, 2.24) is 0 Å². The molecular weight excluding hydrogens is 382 g/mol. The molecule has 0 bridgehead atoms. The van der Waals surface area contributed by atoms with Gasteiger partial charge in [0.15, 0.2) is 0 Å². The monoisotopic (exact) mass is 409 g/mol. The minimum atomic E-state index is -0.134. The Bertz CT molecular complexity index is 909. The minimum absolute atomic E-state index is 0.134. The molecule has 1 aliphatic heterocycles. The second kappa shape index (κ2) is 9.04. The van der Waals surface area contributed by atoms with Crippen molar-refractivity contribution in [3.63, 3.8) is 0 Å². The van der Waals surface area contributed by atoms with Gasteiger partial charge in [-0.2, -0.15) is 0 Å². The van der Waals surface area contributed by atoms with Crippen LogP contribution < -0.4 is 10.1 Å². The zero-order valence-electron chi connectivity index (χ0n) is 17.0. The highest BCUT2D eigenvalue weighted by atomic mass is 35.5. The van der Waals surface area contributed by atoms with Crippen molar-refractivity contribution in [3.8, 4) is 5.75 Å². The summed E-state index contributed by atoms with van der Waals surface area (Å²) in [6.45, 7) is 2.22. The standard InChI is InChI=1S/C25H28ClNO2/c1-17-12-22(26)15-20-14-21(16-29-24(17)20)25(28)27-23-10-8-19(9-11-23)13-18-6-4-2-3-5-7-18/h8-12,14-15,18H,2-7,13,16H2,1H3,(H,27,28). The second-order valence-corrected chi connectivity index (χ2v) is 8.75. The van der Waals surface area contributed by atoms with E-state index in [1.165, 1.54) is 44.1 Å². The molecule has 1 heterocycles. The van der Waals surface area contributed by atoms with Gasteiger partial charge in [-0.05, 0) is 60.7 Å². The Morgan fingerprint density at radius 3 is 2.55 bits per heavy atom. The molecule has 4 heteroatoms. The zero-order chi connectivity index (χ0) is 20.2. The van der Waals surface area contributed by atoms with E-state index in [0.29, 0.717) is 10.6 Å². The van der Waals surface area contributed by atoms with Gasteiger partial charge in [-0.15, -0.1) is 0 Å². The summed E-state index contributed by atoms with van der Waals surface area (Å²) in [6.07, 6.45) is 11.2. The fraction of sp³-hybridized carbons (Fsp3) is 0.400. The highest BCUT2D eigenvalue weighted by molar-refractivity contribution is 6.31. The first-order chi connectivity index (χ1) is 14.1. The number of hydrogen-bond acceptors (Lipinski definition) is 2. The number of amides is 1. The van der Waals surface area contributed by atoms with Gasteiger partial charge in [-0.25, -0.2) is 0 Å². The molecule has 1 saturated carbocycles. The van der Waals surface area contributed by atoms with Crippen molar-refractivity contribution >= 4 is 29.3 Å². The predicted octanol–water partition coefficient (Wildman–Crippen LogP) is 6.58. The number of benzene rings is 2. The molecule has 152 valence electrons. The highest BCUT2D eigenvalue weighted by Crippen LogP contribution is 2.33. The molecule has 1 amide bonds. The van der Waals surface area contributed by atoms with E-state index in [2.05, 4.69) is 17.4 Å². The Balaban J connectivity index is 1.40. The Morgan fingerprint density at radius 1 is 1.10 bits per heavy atom. The summed E-state index contributed by atoms with van der Waals surface area (Å²) in [4.78, 5) is 12.7. The van der Waals surface area contributed by atoms with Crippen LogP contribution in [0.25, 0.3) is 6.08 Å². The maximum atomic E-state index is 12.7. The molecule has 0 aromatic heterocycles. The molecule has 0 unspecified atom stereocenters. The van der Waals surface area contributed by atoms with Gasteiger partial charge in [0.05, 0.1) is 5.57 Å². The van der Waals surface area contributed by atoms with Gasteiger partial charge in [0.1, 0.15) is 12.4 Å². The molecule has 0 spiro atoms.